The molecular weight excluding hydrogens is 394 g/mol. The van der Waals surface area contributed by atoms with Crippen molar-refractivity contribution >= 4 is 17.8 Å². The van der Waals surface area contributed by atoms with Crippen molar-refractivity contribution in [2.75, 3.05) is 32.5 Å². The first kappa shape index (κ1) is 29.9. The van der Waals surface area contributed by atoms with E-state index >= 15 is 0 Å². The molecule has 31 heavy (non-hydrogen) atoms. The normalized spacial score (nSPS) is 9.35. The van der Waals surface area contributed by atoms with Crippen molar-refractivity contribution < 1.29 is 14.3 Å². The molecule has 1 aromatic heterocycles. The van der Waals surface area contributed by atoms with Gasteiger partial charge in [-0.2, -0.15) is 0 Å². The summed E-state index contributed by atoms with van der Waals surface area (Å²) in [5.74, 6) is 7.23. The Labute approximate surface area is 187 Å². The zero-order valence-corrected chi connectivity index (χ0v) is 20.1. The van der Waals surface area contributed by atoms with E-state index in [2.05, 4.69) is 45.3 Å². The standard InChI is InChI=1S/C19H29N5O3.C2H6.C2H2/c1-14-22-12-15(17(20-5)23-14)10-8-7-9-11-21-16(25)13-24(6)18(26)27-19(2,3)4;2*1-2/h12H,7,9,11,13H2,1-6H3,(H,21,25)(H,20,22,23);1-2H3;1-2H. The first-order valence-electron chi connectivity index (χ1n) is 10.2. The highest BCUT2D eigenvalue weighted by atomic mass is 16.6. The molecule has 0 spiro atoms. The van der Waals surface area contributed by atoms with E-state index in [9.17, 15) is 9.59 Å². The number of hydrogen-bond acceptors (Lipinski definition) is 6. The summed E-state index contributed by atoms with van der Waals surface area (Å²) in [6.45, 7) is 11.6. The lowest BCUT2D eigenvalue weighted by Crippen LogP contribution is -2.41. The maximum Gasteiger partial charge on any atom is 0.410 e. The van der Waals surface area contributed by atoms with Gasteiger partial charge >= 0.3 is 6.09 Å². The zero-order valence-electron chi connectivity index (χ0n) is 20.1. The van der Waals surface area contributed by atoms with Gasteiger partial charge in [0.2, 0.25) is 5.91 Å². The van der Waals surface area contributed by atoms with Crippen LogP contribution in [0, 0.1) is 31.6 Å². The maximum absolute atomic E-state index is 11.9. The van der Waals surface area contributed by atoms with Crippen LogP contribution in [0.4, 0.5) is 10.6 Å². The molecule has 0 aromatic carbocycles. The minimum atomic E-state index is -0.587. The monoisotopic (exact) mass is 431 g/mol. The minimum absolute atomic E-state index is 0.0488. The van der Waals surface area contributed by atoms with Crippen LogP contribution >= 0.6 is 0 Å². The average Bonchev–Trinajstić information content (AvgIpc) is 2.73. The Morgan fingerprint density at radius 1 is 1.26 bits per heavy atom. The van der Waals surface area contributed by atoms with E-state index in [1.807, 2.05) is 20.8 Å². The summed E-state index contributed by atoms with van der Waals surface area (Å²) >= 11 is 0. The number of anilines is 1. The van der Waals surface area contributed by atoms with E-state index in [4.69, 9.17) is 4.74 Å². The predicted molar refractivity (Wildman–Crippen MR) is 126 cm³/mol. The number of nitrogens with one attached hydrogen (secondary N) is 2. The molecule has 8 heteroatoms. The Morgan fingerprint density at radius 3 is 2.42 bits per heavy atom. The average molecular weight is 432 g/mol. The topological polar surface area (TPSA) is 96.5 Å². The van der Waals surface area contributed by atoms with Crippen LogP contribution in [-0.4, -0.2) is 59.7 Å². The van der Waals surface area contributed by atoms with Crippen LogP contribution in [0.1, 0.15) is 58.8 Å². The van der Waals surface area contributed by atoms with Crippen LogP contribution in [0.2, 0.25) is 0 Å². The second kappa shape index (κ2) is 16.5. The maximum atomic E-state index is 11.9. The third kappa shape index (κ3) is 14.4. The van der Waals surface area contributed by atoms with Crippen LogP contribution in [0.15, 0.2) is 6.20 Å². The Kier molecular flexibility index (Phi) is 16.0. The summed E-state index contributed by atoms with van der Waals surface area (Å²) in [5, 5.41) is 5.76. The minimum Gasteiger partial charge on any atom is -0.444 e. The van der Waals surface area contributed by atoms with E-state index < -0.39 is 11.7 Å². The molecule has 1 rings (SSSR count). The third-order valence-electron chi connectivity index (χ3n) is 3.26. The molecule has 2 N–H and O–H groups in total. The Bertz CT molecular complexity index is 758. The second-order valence-corrected chi connectivity index (χ2v) is 7.02. The van der Waals surface area contributed by atoms with Gasteiger partial charge in [-0.15, -0.1) is 12.8 Å². The van der Waals surface area contributed by atoms with Gasteiger partial charge in [0.05, 0.1) is 5.56 Å². The number of rotatable bonds is 6. The van der Waals surface area contributed by atoms with Crippen molar-refractivity contribution in [3.63, 3.8) is 0 Å². The van der Waals surface area contributed by atoms with Crippen LogP contribution in [0.3, 0.4) is 0 Å². The fourth-order valence-corrected chi connectivity index (χ4v) is 1.99. The molecule has 0 saturated heterocycles. The second-order valence-electron chi connectivity index (χ2n) is 7.02. The lowest BCUT2D eigenvalue weighted by molar-refractivity contribution is -0.122. The summed E-state index contributed by atoms with van der Waals surface area (Å²) in [5.41, 5.74) is 0.155. The van der Waals surface area contributed by atoms with Gasteiger partial charge in [-0.1, -0.05) is 25.7 Å². The highest BCUT2D eigenvalue weighted by molar-refractivity contribution is 5.82. The molecule has 0 aliphatic rings. The molecule has 172 valence electrons. The van der Waals surface area contributed by atoms with Crippen molar-refractivity contribution in [3.8, 4) is 24.7 Å². The molecule has 0 aliphatic carbocycles. The van der Waals surface area contributed by atoms with Gasteiger partial charge in [-0.3, -0.25) is 4.79 Å². The number of carbonyl (C=O) groups is 2. The summed E-state index contributed by atoms with van der Waals surface area (Å²) in [4.78, 5) is 33.3. The molecule has 0 radical (unpaired) electrons. The Balaban J connectivity index is 0. The van der Waals surface area contributed by atoms with E-state index in [1.165, 1.54) is 11.9 Å². The van der Waals surface area contributed by atoms with Crippen molar-refractivity contribution in [3.05, 3.63) is 17.6 Å². The van der Waals surface area contributed by atoms with Crippen LogP contribution in [-0.2, 0) is 9.53 Å². The quantitative estimate of drug-likeness (QED) is 0.530. The van der Waals surface area contributed by atoms with Gasteiger partial charge in [-0.25, -0.2) is 14.8 Å². The number of nitrogens with zero attached hydrogens (tertiary/aromatic N) is 3. The molecule has 0 bridgehead atoms. The van der Waals surface area contributed by atoms with Crippen molar-refractivity contribution in [2.24, 2.45) is 0 Å². The van der Waals surface area contributed by atoms with Gasteiger partial charge in [-0.05, 0) is 34.1 Å². The number of terminal acetylenes is 1. The number of ether oxygens (including phenoxy) is 1. The number of likely N-dealkylation sites (N-methyl/N-ethyl adjacent to an activating group) is 1. The summed E-state index contributed by atoms with van der Waals surface area (Å²) in [6, 6.07) is 0. The SMILES string of the molecule is C#C.CC.CNc1nc(C)ncc1C#CCCCNC(=O)CN(C)C(=O)OC(C)(C)C. The van der Waals surface area contributed by atoms with Crippen molar-refractivity contribution in [2.45, 2.75) is 60.0 Å². The van der Waals surface area contributed by atoms with Gasteiger partial charge in [0.25, 0.3) is 0 Å². The molecular formula is C23H37N5O3. The molecule has 0 atom stereocenters. The van der Waals surface area contributed by atoms with Crippen molar-refractivity contribution in [1.29, 1.82) is 0 Å². The Morgan fingerprint density at radius 2 is 1.87 bits per heavy atom. The predicted octanol–water partition coefficient (Wildman–Crippen LogP) is 3.22. The highest BCUT2D eigenvalue weighted by Crippen LogP contribution is 2.09. The summed E-state index contributed by atoms with van der Waals surface area (Å²) in [6.07, 6.45) is 10.5. The van der Waals surface area contributed by atoms with E-state index in [0.717, 1.165) is 5.56 Å². The molecule has 8 nitrogen and oxygen atoms in total. The fraction of sp³-hybridized carbons (Fsp3) is 0.565. The number of unbranched alkanes of at least 4 members (excludes halogenated alkanes) is 1. The first-order valence-corrected chi connectivity index (χ1v) is 10.2. The zero-order chi connectivity index (χ0) is 24.4. The molecule has 2 amide bonds. The molecule has 1 heterocycles. The molecule has 0 fully saturated rings. The number of aryl methyl sites for hydroxylation is 1. The van der Waals surface area contributed by atoms with Gasteiger partial charge in [0.1, 0.15) is 23.8 Å². The molecule has 0 unspecified atom stereocenters. The fourth-order valence-electron chi connectivity index (χ4n) is 1.99. The highest BCUT2D eigenvalue weighted by Gasteiger charge is 2.20. The first-order chi connectivity index (χ1) is 14.6. The van der Waals surface area contributed by atoms with E-state index in [-0.39, 0.29) is 12.5 Å². The van der Waals surface area contributed by atoms with E-state index in [1.54, 1.807) is 34.0 Å². The van der Waals surface area contributed by atoms with Crippen LogP contribution in [0.25, 0.3) is 0 Å². The summed E-state index contributed by atoms with van der Waals surface area (Å²) < 4.78 is 5.20. The van der Waals surface area contributed by atoms with Gasteiger partial charge < -0.3 is 20.3 Å². The van der Waals surface area contributed by atoms with Crippen LogP contribution < -0.4 is 10.6 Å². The number of hydrogen-bond donors (Lipinski definition) is 2. The van der Waals surface area contributed by atoms with Crippen LogP contribution in [0.5, 0.6) is 0 Å². The largest absolute Gasteiger partial charge is 0.444 e. The van der Waals surface area contributed by atoms with Gasteiger partial charge in [0, 0.05) is 33.3 Å². The molecule has 0 aliphatic heterocycles. The smallest absolute Gasteiger partial charge is 0.410 e. The van der Waals surface area contributed by atoms with Crippen molar-refractivity contribution in [1.82, 2.24) is 20.2 Å². The number of aromatic nitrogens is 2. The number of carbonyl (C=O) groups excluding carboxylic acids is 2. The lowest BCUT2D eigenvalue weighted by atomic mass is 10.2. The van der Waals surface area contributed by atoms with E-state index in [0.29, 0.717) is 31.0 Å². The van der Waals surface area contributed by atoms with Gasteiger partial charge in [0.15, 0.2) is 0 Å². The molecule has 1 aromatic rings. The lowest BCUT2D eigenvalue weighted by Gasteiger charge is -2.24. The summed E-state index contributed by atoms with van der Waals surface area (Å²) in [7, 11) is 3.32. The number of amides is 2. The third-order valence-corrected chi connectivity index (χ3v) is 3.26. The molecule has 0 saturated carbocycles. The Hall–Kier alpha value is -3.26.